The fraction of sp³-hybridized carbons (Fsp3) is 0.695. The Labute approximate surface area is 405 Å². The Balaban J connectivity index is 0.806. The van der Waals surface area contributed by atoms with E-state index in [4.69, 9.17) is 14.5 Å². The van der Waals surface area contributed by atoms with Crippen molar-refractivity contribution in [3.8, 4) is 11.3 Å². The highest BCUT2D eigenvalue weighted by Crippen LogP contribution is 2.79. The molecule has 8 fully saturated rings. The molecule has 1 N–H and O–H groups in total. The molecule has 0 bridgehead atoms. The Morgan fingerprint density at radius 3 is 2.24 bits per heavy atom. The maximum atomic E-state index is 15.8. The molecule has 13 atom stereocenters. The van der Waals surface area contributed by atoms with E-state index >= 15 is 4.79 Å². The molecular weight excluding hydrogens is 850 g/mol. The van der Waals surface area contributed by atoms with Crippen molar-refractivity contribution in [2.24, 2.45) is 79.3 Å². The first-order chi connectivity index (χ1) is 32.3. The number of H-pyrrole nitrogens is 1. The van der Waals surface area contributed by atoms with Crippen molar-refractivity contribution in [3.63, 3.8) is 0 Å². The Kier molecular flexibility index (Phi) is 10.9. The van der Waals surface area contributed by atoms with Gasteiger partial charge in [-0.05, 0) is 171 Å². The molecule has 366 valence electrons. The number of carbonyl (C=O) groups is 3. The van der Waals surface area contributed by atoms with Crippen LogP contribution in [0.3, 0.4) is 0 Å². The largest absolute Gasteiger partial charge is 0.462 e. The van der Waals surface area contributed by atoms with E-state index in [9.17, 15) is 14.0 Å². The topological polar surface area (TPSA) is 102 Å². The number of imidazole rings is 1. The van der Waals surface area contributed by atoms with Gasteiger partial charge >= 0.3 is 11.9 Å². The van der Waals surface area contributed by atoms with E-state index < -0.39 is 5.41 Å². The van der Waals surface area contributed by atoms with Crippen molar-refractivity contribution in [1.82, 2.24) is 14.9 Å². The first-order valence-corrected chi connectivity index (χ1v) is 26.8. The van der Waals surface area contributed by atoms with Gasteiger partial charge in [-0.2, -0.15) is 0 Å². The number of aromatic nitrogens is 2. The van der Waals surface area contributed by atoms with E-state index in [2.05, 4.69) is 51.4 Å². The number of benzene rings is 2. The lowest BCUT2D eigenvalue weighted by Gasteiger charge is -2.73. The van der Waals surface area contributed by atoms with Gasteiger partial charge in [0, 0.05) is 17.5 Å². The van der Waals surface area contributed by atoms with E-state index in [-0.39, 0.29) is 75.4 Å². The van der Waals surface area contributed by atoms with Crippen molar-refractivity contribution >= 4 is 17.8 Å². The van der Waals surface area contributed by atoms with Crippen molar-refractivity contribution in [1.29, 1.82) is 0 Å². The predicted octanol–water partition coefficient (Wildman–Crippen LogP) is 13.1. The van der Waals surface area contributed by atoms with Crippen molar-refractivity contribution in [2.45, 2.75) is 170 Å². The average molecular weight is 928 g/mol. The van der Waals surface area contributed by atoms with E-state index in [1.165, 1.54) is 38.2 Å². The number of nitrogens with zero attached hydrogens (tertiary/aromatic N) is 2. The van der Waals surface area contributed by atoms with Crippen molar-refractivity contribution < 1.29 is 28.2 Å². The number of likely N-dealkylation sites (tertiary alicyclic amines) is 1. The summed E-state index contributed by atoms with van der Waals surface area (Å²) in [6.07, 6.45) is 17.4. The molecule has 8 aliphatic rings. The van der Waals surface area contributed by atoms with Crippen LogP contribution >= 0.6 is 0 Å². The maximum absolute atomic E-state index is 15.8. The fourth-order valence-corrected chi connectivity index (χ4v) is 18.2. The molecule has 1 saturated heterocycles. The number of amides is 1. The van der Waals surface area contributed by atoms with E-state index in [0.29, 0.717) is 47.3 Å². The fourth-order valence-electron chi connectivity index (χ4n) is 18.2. The summed E-state index contributed by atoms with van der Waals surface area (Å²) in [5.41, 5.74) is 2.20. The summed E-state index contributed by atoms with van der Waals surface area (Å²) >= 11 is 0. The Morgan fingerprint density at radius 1 is 0.735 bits per heavy atom. The lowest BCUT2D eigenvalue weighted by atomic mass is 9.32. The number of esters is 2. The van der Waals surface area contributed by atoms with Crippen LogP contribution in [0.2, 0.25) is 0 Å². The van der Waals surface area contributed by atoms with Gasteiger partial charge in [-0.25, -0.2) is 9.37 Å². The monoisotopic (exact) mass is 928 g/mol. The maximum Gasteiger partial charge on any atom is 0.309 e. The summed E-state index contributed by atoms with van der Waals surface area (Å²) < 4.78 is 26.6. The van der Waals surface area contributed by atoms with Crippen LogP contribution in [0.4, 0.5) is 4.39 Å². The molecule has 9 heteroatoms. The van der Waals surface area contributed by atoms with Crippen LogP contribution in [0.25, 0.3) is 11.3 Å². The number of halogens is 1. The number of rotatable bonds is 9. The van der Waals surface area contributed by atoms with Gasteiger partial charge in [0.15, 0.2) is 0 Å². The van der Waals surface area contributed by atoms with Crippen LogP contribution in [0.1, 0.15) is 169 Å². The van der Waals surface area contributed by atoms with Gasteiger partial charge in [-0.1, -0.05) is 97.9 Å². The third kappa shape index (κ3) is 6.81. The number of aromatic amines is 1. The summed E-state index contributed by atoms with van der Waals surface area (Å²) in [5.74, 6) is 2.39. The quantitative estimate of drug-likeness (QED) is 0.215. The molecule has 1 aliphatic heterocycles. The number of ether oxygens (including phenoxy) is 2. The average Bonchev–Trinajstić information content (AvgIpc) is 3.68. The van der Waals surface area contributed by atoms with Gasteiger partial charge in [0.2, 0.25) is 5.91 Å². The predicted molar refractivity (Wildman–Crippen MR) is 261 cm³/mol. The number of hydrogen-bond donors (Lipinski definition) is 1. The summed E-state index contributed by atoms with van der Waals surface area (Å²) in [7, 11) is 0. The summed E-state index contributed by atoms with van der Waals surface area (Å²) in [5, 5.41) is 0. The van der Waals surface area contributed by atoms with Gasteiger partial charge in [-0.3, -0.25) is 14.4 Å². The molecule has 11 rings (SSSR count). The van der Waals surface area contributed by atoms with Crippen molar-refractivity contribution in [2.75, 3.05) is 6.54 Å². The first kappa shape index (κ1) is 46.4. The number of hydrogen-bond acceptors (Lipinski definition) is 6. The summed E-state index contributed by atoms with van der Waals surface area (Å²) in [6, 6.07) is 16.3. The molecule has 7 saturated carbocycles. The molecular formula is C59H78FN3O5. The van der Waals surface area contributed by atoms with Gasteiger partial charge in [-0.15, -0.1) is 0 Å². The zero-order chi connectivity index (χ0) is 47.8. The third-order valence-corrected chi connectivity index (χ3v) is 22.6. The molecule has 68 heavy (non-hydrogen) atoms. The number of nitrogens with one attached hydrogen (secondary N) is 1. The van der Waals surface area contributed by atoms with E-state index in [1.54, 1.807) is 12.1 Å². The van der Waals surface area contributed by atoms with Gasteiger partial charge in [0.05, 0.1) is 35.2 Å². The van der Waals surface area contributed by atoms with E-state index in [1.807, 2.05) is 56.4 Å². The normalized spacial score (nSPS) is 40.4. The molecule has 1 aromatic heterocycles. The molecule has 0 unspecified atom stereocenters. The van der Waals surface area contributed by atoms with E-state index in [0.717, 1.165) is 87.0 Å². The molecule has 0 radical (unpaired) electrons. The second kappa shape index (κ2) is 16.0. The Hall–Kier alpha value is -4.01. The summed E-state index contributed by atoms with van der Waals surface area (Å²) in [6.45, 7) is 20.4. The lowest BCUT2D eigenvalue weighted by Crippen LogP contribution is -2.67. The van der Waals surface area contributed by atoms with Crippen LogP contribution in [-0.4, -0.2) is 45.4 Å². The zero-order valence-corrected chi connectivity index (χ0v) is 42.3. The van der Waals surface area contributed by atoms with Crippen LogP contribution < -0.4 is 0 Å². The standard InChI is InChI=1S/C59H78FN3O5/c1-53(2)41(50(64)67-35-36-14-10-9-11-15-36)33-42(53)51(65)68-47-23-24-56(6)45(54(47,3)4)22-25-58(8)46(56)20-19-40-48-39(55(5)27-28-55)21-26-59(48,30-29-57(40,58)7)52(66)63-31-13-18-44(63)49-61-34-43(62-49)37-16-12-17-38(60)32-37/h9-12,14-17,32,34,39-42,44-48H,13,18-31,33,35H2,1-8H3,(H,61,62)/t39-,40-,41+,42-,44+,45+,46-,47+,48-,56+,57-,58-,59+/m1/s1. The zero-order valence-electron chi connectivity index (χ0n) is 42.3. The minimum absolute atomic E-state index is 0.0870. The van der Waals surface area contributed by atoms with Gasteiger partial charge in [0.1, 0.15) is 24.4 Å². The van der Waals surface area contributed by atoms with Gasteiger partial charge < -0.3 is 19.4 Å². The Morgan fingerprint density at radius 2 is 1.50 bits per heavy atom. The Bertz CT molecular complexity index is 2460. The highest BCUT2D eigenvalue weighted by atomic mass is 19.1. The third-order valence-electron chi connectivity index (χ3n) is 22.6. The summed E-state index contributed by atoms with van der Waals surface area (Å²) in [4.78, 5) is 53.8. The van der Waals surface area contributed by atoms with Crippen molar-refractivity contribution in [3.05, 3.63) is 78.0 Å². The van der Waals surface area contributed by atoms with Crippen LogP contribution in [0, 0.1) is 85.1 Å². The molecule has 1 amide bonds. The smallest absolute Gasteiger partial charge is 0.309 e. The molecule has 0 spiro atoms. The molecule has 2 aromatic carbocycles. The molecule has 8 nitrogen and oxygen atoms in total. The van der Waals surface area contributed by atoms with Crippen LogP contribution in [0.15, 0.2) is 60.8 Å². The minimum atomic E-state index is -0.526. The van der Waals surface area contributed by atoms with Gasteiger partial charge in [0.25, 0.3) is 0 Å². The second-order valence-electron chi connectivity index (χ2n) is 26.0. The van der Waals surface area contributed by atoms with Crippen LogP contribution in [0.5, 0.6) is 0 Å². The highest BCUT2D eigenvalue weighted by Gasteiger charge is 2.74. The first-order valence-electron chi connectivity index (χ1n) is 26.8. The highest BCUT2D eigenvalue weighted by molar-refractivity contribution is 5.85. The lowest BCUT2D eigenvalue weighted by molar-refractivity contribution is -0.253. The second-order valence-corrected chi connectivity index (χ2v) is 26.0. The number of fused-ring (bicyclic) bond motifs is 7. The number of carbonyl (C=O) groups excluding carboxylic acids is 3. The molecule has 7 aliphatic carbocycles. The molecule has 3 aromatic rings. The minimum Gasteiger partial charge on any atom is -0.462 e. The SMILES string of the molecule is CC1([C@@H]2CC[C@]3(C(=O)N4CCC[C@H]4c4ncc(-c5cccc(F)c5)[nH]4)CC[C@]4(C)[C@H](CC[C@@H]5[C@@]6(C)CC[C@H](OC(=O)[C@H]7C[C@@H](C(=O)OCc8ccccc8)C7(C)C)C(C)(C)[C@@H]6CC[C@]54C)[C@@H]23)CC1. The van der Waals surface area contributed by atoms with Crippen LogP contribution in [-0.2, 0) is 30.5 Å². The molecule has 2 heterocycles.